The summed E-state index contributed by atoms with van der Waals surface area (Å²) in [6.07, 6.45) is 2.65. The Morgan fingerprint density at radius 2 is 2.56 bits per heavy atom. The summed E-state index contributed by atoms with van der Waals surface area (Å²) in [5.74, 6) is 0.803. The molecule has 1 aromatic rings. The second kappa shape index (κ2) is 2.64. The van der Waals surface area contributed by atoms with Crippen molar-refractivity contribution in [1.82, 2.24) is 5.16 Å². The molecule has 2 N–H and O–H groups in total. The van der Waals surface area contributed by atoms with Gasteiger partial charge in [0.25, 0.3) is 0 Å². The van der Waals surface area contributed by atoms with Gasteiger partial charge in [0.1, 0.15) is 0 Å². The lowest BCUT2D eigenvalue weighted by molar-refractivity contribution is 0.383. The van der Waals surface area contributed by atoms with E-state index in [9.17, 15) is 0 Å². The SMILES string of the molecule is CCc1cnoc1CN. The number of hydrogen-bond donors (Lipinski definition) is 1. The van der Waals surface area contributed by atoms with Crippen LogP contribution < -0.4 is 5.73 Å². The van der Waals surface area contributed by atoms with E-state index < -0.39 is 0 Å². The van der Waals surface area contributed by atoms with Crippen molar-refractivity contribution < 1.29 is 4.52 Å². The highest BCUT2D eigenvalue weighted by Crippen LogP contribution is 2.06. The minimum Gasteiger partial charge on any atom is -0.360 e. The molecule has 1 rings (SSSR count). The maximum absolute atomic E-state index is 5.34. The Morgan fingerprint density at radius 1 is 1.78 bits per heavy atom. The zero-order valence-corrected chi connectivity index (χ0v) is 5.42. The molecule has 1 heterocycles. The van der Waals surface area contributed by atoms with Crippen LogP contribution in [0.2, 0.25) is 0 Å². The predicted octanol–water partition coefficient (Wildman–Crippen LogP) is 0.696. The molecule has 0 bridgehead atoms. The average Bonchev–Trinajstić information content (AvgIpc) is 2.33. The number of nitrogens with two attached hydrogens (primary N) is 1. The van der Waals surface area contributed by atoms with Gasteiger partial charge in [-0.25, -0.2) is 0 Å². The van der Waals surface area contributed by atoms with Crippen molar-refractivity contribution >= 4 is 0 Å². The molecule has 0 aromatic carbocycles. The molecule has 0 unspecified atom stereocenters. The molecule has 0 amide bonds. The minimum atomic E-state index is 0.448. The van der Waals surface area contributed by atoms with Crippen LogP contribution in [0.5, 0.6) is 0 Å². The van der Waals surface area contributed by atoms with Gasteiger partial charge in [0.2, 0.25) is 0 Å². The van der Waals surface area contributed by atoms with E-state index in [0.29, 0.717) is 6.54 Å². The molecule has 50 valence electrons. The highest BCUT2D eigenvalue weighted by atomic mass is 16.5. The molecular formula is C6H10N2O. The first-order valence-electron chi connectivity index (χ1n) is 3.01. The van der Waals surface area contributed by atoms with Crippen molar-refractivity contribution in [3.8, 4) is 0 Å². The van der Waals surface area contributed by atoms with Gasteiger partial charge in [-0.05, 0) is 6.42 Å². The van der Waals surface area contributed by atoms with Crippen LogP contribution in [0.15, 0.2) is 10.7 Å². The van der Waals surface area contributed by atoms with Gasteiger partial charge >= 0.3 is 0 Å². The van der Waals surface area contributed by atoms with E-state index in [2.05, 4.69) is 5.16 Å². The van der Waals surface area contributed by atoms with Crippen molar-refractivity contribution in [3.63, 3.8) is 0 Å². The average molecular weight is 126 g/mol. The molecule has 0 fully saturated rings. The smallest absolute Gasteiger partial charge is 0.153 e. The highest BCUT2D eigenvalue weighted by Gasteiger charge is 2.01. The number of nitrogens with zero attached hydrogens (tertiary/aromatic N) is 1. The third-order valence-electron chi connectivity index (χ3n) is 1.30. The van der Waals surface area contributed by atoms with E-state index in [4.69, 9.17) is 10.3 Å². The summed E-state index contributed by atoms with van der Waals surface area (Å²) >= 11 is 0. The van der Waals surface area contributed by atoms with E-state index in [1.165, 1.54) is 0 Å². The molecule has 0 spiro atoms. The van der Waals surface area contributed by atoms with Crippen molar-refractivity contribution in [3.05, 3.63) is 17.5 Å². The summed E-state index contributed by atoms with van der Waals surface area (Å²) < 4.78 is 4.83. The lowest BCUT2D eigenvalue weighted by Crippen LogP contribution is -1.96. The van der Waals surface area contributed by atoms with Gasteiger partial charge in [0, 0.05) is 5.56 Å². The molecule has 0 saturated heterocycles. The molecule has 3 nitrogen and oxygen atoms in total. The maximum Gasteiger partial charge on any atom is 0.153 e. The Bertz CT molecular complexity index is 164. The van der Waals surface area contributed by atoms with Crippen LogP contribution in [-0.4, -0.2) is 5.16 Å². The largest absolute Gasteiger partial charge is 0.360 e. The summed E-state index contributed by atoms with van der Waals surface area (Å²) in [4.78, 5) is 0. The van der Waals surface area contributed by atoms with E-state index in [1.807, 2.05) is 6.92 Å². The lowest BCUT2D eigenvalue weighted by Gasteiger charge is -1.89. The lowest BCUT2D eigenvalue weighted by atomic mass is 10.2. The summed E-state index contributed by atoms with van der Waals surface area (Å²) in [5.41, 5.74) is 6.45. The fourth-order valence-corrected chi connectivity index (χ4v) is 0.741. The molecule has 0 atom stereocenters. The number of aromatic nitrogens is 1. The Labute approximate surface area is 53.8 Å². The van der Waals surface area contributed by atoms with E-state index in [1.54, 1.807) is 6.20 Å². The first-order valence-corrected chi connectivity index (χ1v) is 3.01. The van der Waals surface area contributed by atoms with E-state index in [-0.39, 0.29) is 0 Å². The fourth-order valence-electron chi connectivity index (χ4n) is 0.741. The monoisotopic (exact) mass is 126 g/mol. The molecule has 0 saturated carbocycles. The van der Waals surface area contributed by atoms with Gasteiger partial charge in [0.05, 0.1) is 12.7 Å². The quantitative estimate of drug-likeness (QED) is 0.634. The Balaban J connectivity index is 2.85. The van der Waals surface area contributed by atoms with E-state index in [0.717, 1.165) is 17.7 Å². The second-order valence-electron chi connectivity index (χ2n) is 1.83. The summed E-state index contributed by atoms with van der Waals surface area (Å²) in [5, 5.41) is 3.61. The van der Waals surface area contributed by atoms with Crippen LogP contribution in [0.25, 0.3) is 0 Å². The van der Waals surface area contributed by atoms with Crippen LogP contribution >= 0.6 is 0 Å². The van der Waals surface area contributed by atoms with Gasteiger partial charge in [-0.15, -0.1) is 0 Å². The Kier molecular flexibility index (Phi) is 1.85. The number of rotatable bonds is 2. The van der Waals surface area contributed by atoms with Crippen LogP contribution in [0.4, 0.5) is 0 Å². The first-order chi connectivity index (χ1) is 4.38. The van der Waals surface area contributed by atoms with Gasteiger partial charge in [-0.3, -0.25) is 0 Å². The Hall–Kier alpha value is -0.830. The zero-order valence-electron chi connectivity index (χ0n) is 5.42. The topological polar surface area (TPSA) is 52.0 Å². The highest BCUT2D eigenvalue weighted by molar-refractivity contribution is 5.12. The van der Waals surface area contributed by atoms with E-state index >= 15 is 0 Å². The predicted molar refractivity (Wildman–Crippen MR) is 33.8 cm³/mol. The summed E-state index contributed by atoms with van der Waals surface area (Å²) in [6.45, 7) is 2.49. The van der Waals surface area contributed by atoms with Crippen LogP contribution in [-0.2, 0) is 13.0 Å². The maximum atomic E-state index is 5.34. The zero-order chi connectivity index (χ0) is 6.69. The van der Waals surface area contributed by atoms with Crippen molar-refractivity contribution in [2.24, 2.45) is 5.73 Å². The molecule has 9 heavy (non-hydrogen) atoms. The molecule has 0 aliphatic carbocycles. The summed E-state index contributed by atoms with van der Waals surface area (Å²) in [6, 6.07) is 0. The van der Waals surface area contributed by atoms with Crippen LogP contribution in [0.1, 0.15) is 18.2 Å². The molecule has 0 radical (unpaired) electrons. The van der Waals surface area contributed by atoms with Crippen molar-refractivity contribution in [1.29, 1.82) is 0 Å². The van der Waals surface area contributed by atoms with Crippen LogP contribution in [0.3, 0.4) is 0 Å². The Morgan fingerprint density at radius 3 is 3.00 bits per heavy atom. The van der Waals surface area contributed by atoms with Gasteiger partial charge in [-0.1, -0.05) is 12.1 Å². The third-order valence-corrected chi connectivity index (χ3v) is 1.30. The van der Waals surface area contributed by atoms with Gasteiger partial charge in [-0.2, -0.15) is 0 Å². The normalized spacial score (nSPS) is 10.0. The summed E-state index contributed by atoms with van der Waals surface area (Å²) in [7, 11) is 0. The molecule has 0 aliphatic heterocycles. The molecular weight excluding hydrogens is 116 g/mol. The number of hydrogen-bond acceptors (Lipinski definition) is 3. The molecule has 1 aromatic heterocycles. The first kappa shape index (κ1) is 6.29. The standard InChI is InChI=1S/C6H10N2O/c1-2-5-4-8-9-6(5)3-7/h4H,2-3,7H2,1H3. The van der Waals surface area contributed by atoms with Crippen molar-refractivity contribution in [2.75, 3.05) is 0 Å². The minimum absolute atomic E-state index is 0.448. The molecule has 3 heteroatoms. The fraction of sp³-hybridized carbons (Fsp3) is 0.500. The number of aryl methyl sites for hydroxylation is 1. The van der Waals surface area contributed by atoms with Gasteiger partial charge in [0.15, 0.2) is 5.76 Å². The second-order valence-corrected chi connectivity index (χ2v) is 1.83. The third kappa shape index (κ3) is 1.10. The van der Waals surface area contributed by atoms with Crippen molar-refractivity contribution in [2.45, 2.75) is 19.9 Å². The molecule has 0 aliphatic rings. The van der Waals surface area contributed by atoms with Gasteiger partial charge < -0.3 is 10.3 Å². The van der Waals surface area contributed by atoms with Crippen LogP contribution in [0, 0.1) is 0 Å².